The molecule has 0 amide bonds. The SMILES string of the molecule is O=[N+]([O-])c1cc([C@@H]2CCCN2)c(F)cc1F. The number of nitrogens with zero attached hydrogens (tertiary/aromatic N) is 1. The van der Waals surface area contributed by atoms with Crippen LogP contribution in [0, 0.1) is 21.7 Å². The summed E-state index contributed by atoms with van der Waals surface area (Å²) in [6.45, 7) is 0.745. The number of hydrogen-bond donors (Lipinski definition) is 1. The van der Waals surface area contributed by atoms with Crippen molar-refractivity contribution in [2.75, 3.05) is 6.54 Å². The third-order valence-electron chi connectivity index (χ3n) is 2.70. The van der Waals surface area contributed by atoms with Crippen molar-refractivity contribution in [3.8, 4) is 0 Å². The fourth-order valence-electron chi connectivity index (χ4n) is 1.91. The Hall–Kier alpha value is -1.56. The van der Waals surface area contributed by atoms with Crippen LogP contribution < -0.4 is 5.32 Å². The smallest absolute Gasteiger partial charge is 0.305 e. The molecule has 0 saturated carbocycles. The summed E-state index contributed by atoms with van der Waals surface area (Å²) in [7, 11) is 0. The molecular weight excluding hydrogens is 218 g/mol. The van der Waals surface area contributed by atoms with Crippen molar-refractivity contribution in [3.05, 3.63) is 39.4 Å². The molecule has 1 N–H and O–H groups in total. The average Bonchev–Trinajstić information content (AvgIpc) is 2.70. The lowest BCUT2D eigenvalue weighted by Crippen LogP contribution is -2.15. The highest BCUT2D eigenvalue weighted by molar-refractivity contribution is 5.38. The molecule has 1 fully saturated rings. The number of nitro groups is 1. The number of nitrogens with one attached hydrogen (secondary N) is 1. The first-order valence-corrected chi connectivity index (χ1v) is 4.96. The van der Waals surface area contributed by atoms with Crippen molar-refractivity contribution < 1.29 is 13.7 Å². The van der Waals surface area contributed by atoms with E-state index in [0.717, 1.165) is 19.0 Å². The van der Waals surface area contributed by atoms with Crippen LogP contribution in [0.25, 0.3) is 0 Å². The second-order valence-electron chi connectivity index (χ2n) is 3.73. The predicted octanol–water partition coefficient (Wildman–Crippen LogP) is 2.30. The van der Waals surface area contributed by atoms with Crippen LogP contribution in [-0.2, 0) is 0 Å². The van der Waals surface area contributed by atoms with Crippen molar-refractivity contribution >= 4 is 5.69 Å². The predicted molar refractivity (Wildman–Crippen MR) is 53.0 cm³/mol. The third kappa shape index (κ3) is 1.88. The number of rotatable bonds is 2. The molecular formula is C10H10F2N2O2. The van der Waals surface area contributed by atoms with E-state index in [0.29, 0.717) is 12.5 Å². The Balaban J connectivity index is 2.44. The summed E-state index contributed by atoms with van der Waals surface area (Å²) in [6, 6.07) is 1.31. The van der Waals surface area contributed by atoms with Gasteiger partial charge in [-0.15, -0.1) is 0 Å². The Kier molecular flexibility index (Phi) is 2.82. The molecule has 6 heteroatoms. The van der Waals surface area contributed by atoms with Crippen molar-refractivity contribution in [3.63, 3.8) is 0 Å². The van der Waals surface area contributed by atoms with E-state index in [4.69, 9.17) is 0 Å². The molecule has 1 aliphatic heterocycles. The molecule has 1 atom stereocenters. The van der Waals surface area contributed by atoms with Crippen LogP contribution in [-0.4, -0.2) is 11.5 Å². The van der Waals surface area contributed by atoms with E-state index in [1.54, 1.807) is 0 Å². The third-order valence-corrected chi connectivity index (χ3v) is 2.70. The van der Waals surface area contributed by atoms with Gasteiger partial charge in [0.2, 0.25) is 5.82 Å². The standard InChI is InChI=1S/C10H10F2N2O2/c11-7-5-8(12)10(14(15)16)4-6(7)9-2-1-3-13-9/h4-5,9,13H,1-3H2/t9-/m0/s1. The van der Waals surface area contributed by atoms with Crippen molar-refractivity contribution in [2.45, 2.75) is 18.9 Å². The summed E-state index contributed by atoms with van der Waals surface area (Å²) in [5.41, 5.74) is -0.504. The van der Waals surface area contributed by atoms with E-state index in [9.17, 15) is 18.9 Å². The second-order valence-corrected chi connectivity index (χ2v) is 3.73. The van der Waals surface area contributed by atoms with E-state index in [2.05, 4.69) is 5.32 Å². The Labute approximate surface area is 90.4 Å². The van der Waals surface area contributed by atoms with Crippen LogP contribution in [0.3, 0.4) is 0 Å². The van der Waals surface area contributed by atoms with E-state index >= 15 is 0 Å². The van der Waals surface area contributed by atoms with E-state index in [-0.39, 0.29) is 11.6 Å². The highest BCUT2D eigenvalue weighted by atomic mass is 19.1. The maximum atomic E-state index is 13.4. The van der Waals surface area contributed by atoms with Crippen LogP contribution in [0.4, 0.5) is 14.5 Å². The molecule has 1 aliphatic rings. The van der Waals surface area contributed by atoms with Gasteiger partial charge in [-0.05, 0) is 19.4 Å². The zero-order valence-corrected chi connectivity index (χ0v) is 8.37. The van der Waals surface area contributed by atoms with Gasteiger partial charge in [0, 0.05) is 23.7 Å². The van der Waals surface area contributed by atoms with Gasteiger partial charge in [-0.3, -0.25) is 10.1 Å². The maximum Gasteiger partial charge on any atom is 0.305 e. The van der Waals surface area contributed by atoms with Crippen molar-refractivity contribution in [2.24, 2.45) is 0 Å². The summed E-state index contributed by atoms with van der Waals surface area (Å²) < 4.78 is 26.5. The van der Waals surface area contributed by atoms with Gasteiger partial charge in [-0.1, -0.05) is 0 Å². The summed E-state index contributed by atoms with van der Waals surface area (Å²) in [6.07, 6.45) is 1.59. The Morgan fingerprint density at radius 3 is 2.69 bits per heavy atom. The minimum atomic E-state index is -1.13. The van der Waals surface area contributed by atoms with Crippen LogP contribution in [0.2, 0.25) is 0 Å². The molecule has 1 aromatic carbocycles. The number of halogens is 2. The fourth-order valence-corrected chi connectivity index (χ4v) is 1.91. The lowest BCUT2D eigenvalue weighted by atomic mass is 10.0. The Morgan fingerprint density at radius 1 is 1.38 bits per heavy atom. The average molecular weight is 228 g/mol. The van der Waals surface area contributed by atoms with Gasteiger partial charge in [0.15, 0.2) is 0 Å². The van der Waals surface area contributed by atoms with Gasteiger partial charge in [0.25, 0.3) is 0 Å². The number of benzene rings is 1. The summed E-state index contributed by atoms with van der Waals surface area (Å²) in [4.78, 5) is 9.68. The highest BCUT2D eigenvalue weighted by Crippen LogP contribution is 2.30. The summed E-state index contributed by atoms with van der Waals surface area (Å²) >= 11 is 0. The fraction of sp³-hybridized carbons (Fsp3) is 0.400. The molecule has 0 radical (unpaired) electrons. The first-order chi connectivity index (χ1) is 7.59. The maximum absolute atomic E-state index is 13.4. The number of nitro benzene ring substituents is 1. The molecule has 0 aromatic heterocycles. The Morgan fingerprint density at radius 2 is 2.12 bits per heavy atom. The van der Waals surface area contributed by atoms with E-state index < -0.39 is 22.2 Å². The zero-order valence-electron chi connectivity index (χ0n) is 8.37. The monoisotopic (exact) mass is 228 g/mol. The molecule has 16 heavy (non-hydrogen) atoms. The molecule has 1 heterocycles. The molecule has 0 bridgehead atoms. The summed E-state index contributed by atoms with van der Waals surface area (Å²) in [5.74, 6) is -1.87. The molecule has 0 unspecified atom stereocenters. The topological polar surface area (TPSA) is 55.2 Å². The minimum absolute atomic E-state index is 0.172. The molecule has 86 valence electrons. The van der Waals surface area contributed by atoms with E-state index in [1.807, 2.05) is 0 Å². The minimum Gasteiger partial charge on any atom is -0.310 e. The van der Waals surface area contributed by atoms with E-state index in [1.165, 1.54) is 0 Å². The molecule has 1 saturated heterocycles. The first-order valence-electron chi connectivity index (χ1n) is 4.96. The molecule has 0 spiro atoms. The second kappa shape index (κ2) is 4.13. The quantitative estimate of drug-likeness (QED) is 0.624. The van der Waals surface area contributed by atoms with Gasteiger partial charge in [-0.25, -0.2) is 4.39 Å². The first kappa shape index (κ1) is 10.9. The molecule has 1 aromatic rings. The molecule has 2 rings (SSSR count). The van der Waals surface area contributed by atoms with Crippen LogP contribution in [0.15, 0.2) is 12.1 Å². The van der Waals surface area contributed by atoms with Gasteiger partial charge >= 0.3 is 5.69 Å². The summed E-state index contributed by atoms with van der Waals surface area (Å²) in [5, 5.41) is 13.5. The Bertz CT molecular complexity index is 431. The lowest BCUT2D eigenvalue weighted by molar-refractivity contribution is -0.387. The normalized spacial score (nSPS) is 20.0. The van der Waals surface area contributed by atoms with Crippen molar-refractivity contribution in [1.82, 2.24) is 5.32 Å². The molecule has 4 nitrogen and oxygen atoms in total. The molecule has 0 aliphatic carbocycles. The van der Waals surface area contributed by atoms with Crippen molar-refractivity contribution in [1.29, 1.82) is 0 Å². The van der Waals surface area contributed by atoms with Gasteiger partial charge in [0.1, 0.15) is 5.82 Å². The van der Waals surface area contributed by atoms with Gasteiger partial charge < -0.3 is 5.32 Å². The number of hydrogen-bond acceptors (Lipinski definition) is 3. The largest absolute Gasteiger partial charge is 0.310 e. The highest BCUT2D eigenvalue weighted by Gasteiger charge is 2.25. The van der Waals surface area contributed by atoms with Gasteiger partial charge in [0.05, 0.1) is 4.92 Å². The zero-order chi connectivity index (χ0) is 11.7. The van der Waals surface area contributed by atoms with Crippen LogP contribution in [0.1, 0.15) is 24.4 Å². The van der Waals surface area contributed by atoms with Crippen LogP contribution >= 0.6 is 0 Å². The van der Waals surface area contributed by atoms with Gasteiger partial charge in [-0.2, -0.15) is 4.39 Å². The lowest BCUT2D eigenvalue weighted by Gasteiger charge is -2.11. The van der Waals surface area contributed by atoms with Crippen LogP contribution in [0.5, 0.6) is 0 Å².